The molecule has 2 aromatic rings. The number of anilines is 2. The number of carbonyl (C=O) groups is 2. The van der Waals surface area contributed by atoms with Gasteiger partial charge in [0.25, 0.3) is 0 Å². The van der Waals surface area contributed by atoms with Crippen LogP contribution in [0.15, 0.2) is 28.6 Å². The van der Waals surface area contributed by atoms with Gasteiger partial charge in [0.05, 0.1) is 5.75 Å². The van der Waals surface area contributed by atoms with E-state index in [0.29, 0.717) is 22.4 Å². The third-order valence-electron chi connectivity index (χ3n) is 4.35. The van der Waals surface area contributed by atoms with Crippen molar-refractivity contribution >= 4 is 45.7 Å². The average molecular weight is 420 g/mol. The van der Waals surface area contributed by atoms with Crippen LogP contribution in [0.4, 0.5) is 10.8 Å². The van der Waals surface area contributed by atoms with Gasteiger partial charge >= 0.3 is 0 Å². The van der Waals surface area contributed by atoms with Gasteiger partial charge in [-0.25, -0.2) is 0 Å². The monoisotopic (exact) mass is 419 g/mol. The Morgan fingerprint density at radius 2 is 1.93 bits per heavy atom. The van der Waals surface area contributed by atoms with Gasteiger partial charge in [0.1, 0.15) is 0 Å². The highest BCUT2D eigenvalue weighted by molar-refractivity contribution is 8.01. The molecule has 1 N–H and O–H groups in total. The highest BCUT2D eigenvalue weighted by atomic mass is 32.2. The number of amides is 2. The first-order chi connectivity index (χ1) is 13.5. The number of thioether (sulfide) groups is 1. The summed E-state index contributed by atoms with van der Waals surface area (Å²) >= 11 is 2.72. The maximum atomic E-state index is 12.1. The van der Waals surface area contributed by atoms with Gasteiger partial charge in [0, 0.05) is 38.8 Å². The van der Waals surface area contributed by atoms with Crippen molar-refractivity contribution < 1.29 is 9.59 Å². The molecule has 0 atom stereocenters. The van der Waals surface area contributed by atoms with Crippen LogP contribution in [0.1, 0.15) is 31.7 Å². The summed E-state index contributed by atoms with van der Waals surface area (Å²) in [6.45, 7) is 2.35. The van der Waals surface area contributed by atoms with Crippen molar-refractivity contribution in [2.24, 2.45) is 0 Å². The Kier molecular flexibility index (Phi) is 6.90. The summed E-state index contributed by atoms with van der Waals surface area (Å²) < 4.78 is 0.704. The number of carbonyl (C=O) groups excluding carboxylic acids is 2. The smallest absolute Gasteiger partial charge is 0.230 e. The van der Waals surface area contributed by atoms with Gasteiger partial charge in [-0.2, -0.15) is 0 Å². The first-order valence-corrected chi connectivity index (χ1v) is 11.1. The van der Waals surface area contributed by atoms with E-state index in [1.165, 1.54) is 23.1 Å². The third kappa shape index (κ3) is 5.45. The summed E-state index contributed by atoms with van der Waals surface area (Å²) in [5, 5.41) is 11.9. The number of hydrogen-bond donors (Lipinski definition) is 1. The number of aromatic nitrogens is 2. The molecule has 1 fully saturated rings. The first kappa shape index (κ1) is 20.6. The van der Waals surface area contributed by atoms with Gasteiger partial charge in [-0.3, -0.25) is 14.5 Å². The van der Waals surface area contributed by atoms with E-state index in [4.69, 9.17) is 0 Å². The van der Waals surface area contributed by atoms with E-state index < -0.39 is 0 Å². The van der Waals surface area contributed by atoms with Crippen molar-refractivity contribution in [3.05, 3.63) is 29.8 Å². The number of hydrogen-bond acceptors (Lipinski definition) is 7. The second-order valence-corrected chi connectivity index (χ2v) is 9.00. The molecule has 1 aliphatic rings. The highest BCUT2D eigenvalue weighted by Gasteiger charge is 2.35. The van der Waals surface area contributed by atoms with Gasteiger partial charge in [-0.15, -0.1) is 10.2 Å². The Morgan fingerprint density at radius 3 is 2.54 bits per heavy atom. The van der Waals surface area contributed by atoms with Gasteiger partial charge in [0.2, 0.25) is 16.9 Å². The van der Waals surface area contributed by atoms with Crippen LogP contribution in [-0.4, -0.2) is 47.9 Å². The molecular formula is C19H25N5O2S2. The Hall–Kier alpha value is -2.13. The van der Waals surface area contributed by atoms with Crippen molar-refractivity contribution in [3.63, 3.8) is 0 Å². The van der Waals surface area contributed by atoms with Crippen LogP contribution >= 0.6 is 23.1 Å². The Labute approximate surface area is 173 Å². The lowest BCUT2D eigenvalue weighted by Gasteiger charge is -2.17. The maximum Gasteiger partial charge on any atom is 0.230 e. The van der Waals surface area contributed by atoms with Crippen molar-refractivity contribution in [3.8, 4) is 0 Å². The quantitative estimate of drug-likeness (QED) is 0.497. The van der Waals surface area contributed by atoms with Crippen LogP contribution in [0.3, 0.4) is 0 Å². The van der Waals surface area contributed by atoms with Crippen LogP contribution < -0.4 is 15.1 Å². The number of rotatable bonds is 9. The molecule has 0 saturated heterocycles. The Balaban J connectivity index is 1.47. The molecule has 150 valence electrons. The molecule has 1 saturated carbocycles. The fourth-order valence-electron chi connectivity index (χ4n) is 2.62. The second kappa shape index (κ2) is 9.38. The van der Waals surface area contributed by atoms with Crippen LogP contribution in [0, 0.1) is 0 Å². The predicted molar refractivity (Wildman–Crippen MR) is 114 cm³/mol. The fraction of sp³-hybridized carbons (Fsp3) is 0.474. The Bertz CT molecular complexity index is 818. The van der Waals surface area contributed by atoms with Crippen LogP contribution in [-0.2, 0) is 16.1 Å². The molecule has 1 aromatic carbocycles. The molecule has 0 bridgehead atoms. The standard InChI is InChI=1S/C19H25N5O2S2/c1-4-17(26)24(15-9-10-15)18-21-22-19(28-18)27-12-16(25)20-11-13-5-7-14(8-6-13)23(2)3/h5-8,15H,4,9-12H2,1-3H3,(H,20,25). The van der Waals surface area contributed by atoms with Crippen LogP contribution in [0.2, 0.25) is 0 Å². The zero-order chi connectivity index (χ0) is 20.1. The summed E-state index contributed by atoms with van der Waals surface area (Å²) in [6, 6.07) is 8.35. The molecule has 1 heterocycles. The Morgan fingerprint density at radius 1 is 1.21 bits per heavy atom. The van der Waals surface area contributed by atoms with Crippen molar-refractivity contribution in [1.29, 1.82) is 0 Å². The number of nitrogens with one attached hydrogen (secondary N) is 1. The molecule has 7 nitrogen and oxygen atoms in total. The van der Waals surface area contributed by atoms with E-state index in [0.717, 1.165) is 24.1 Å². The minimum absolute atomic E-state index is 0.0536. The topological polar surface area (TPSA) is 78.4 Å². The normalized spacial score (nSPS) is 13.2. The van der Waals surface area contributed by atoms with Crippen molar-refractivity contribution in [2.75, 3.05) is 29.6 Å². The minimum atomic E-state index is -0.0536. The molecule has 0 radical (unpaired) electrons. The zero-order valence-electron chi connectivity index (χ0n) is 16.3. The molecule has 3 rings (SSSR count). The zero-order valence-corrected chi connectivity index (χ0v) is 18.0. The molecule has 0 unspecified atom stereocenters. The van der Waals surface area contributed by atoms with Crippen molar-refractivity contribution in [2.45, 2.75) is 43.1 Å². The van der Waals surface area contributed by atoms with E-state index >= 15 is 0 Å². The van der Waals surface area contributed by atoms with Gasteiger partial charge < -0.3 is 10.2 Å². The lowest BCUT2D eigenvalue weighted by Crippen LogP contribution is -2.32. The highest BCUT2D eigenvalue weighted by Crippen LogP contribution is 2.36. The van der Waals surface area contributed by atoms with Crippen LogP contribution in [0.5, 0.6) is 0 Å². The van der Waals surface area contributed by atoms with Crippen LogP contribution in [0.25, 0.3) is 0 Å². The van der Waals surface area contributed by atoms with E-state index in [9.17, 15) is 9.59 Å². The summed E-state index contributed by atoms with van der Waals surface area (Å²) in [7, 11) is 3.99. The average Bonchev–Trinajstić information content (AvgIpc) is 3.42. The fourth-order valence-corrected chi connectivity index (χ4v) is 4.38. The van der Waals surface area contributed by atoms with E-state index in [1.807, 2.05) is 50.2 Å². The summed E-state index contributed by atoms with van der Waals surface area (Å²) in [6.07, 6.45) is 2.49. The molecule has 1 aromatic heterocycles. The first-order valence-electron chi connectivity index (χ1n) is 9.29. The largest absolute Gasteiger partial charge is 0.378 e. The van der Waals surface area contributed by atoms with E-state index in [1.54, 1.807) is 4.90 Å². The summed E-state index contributed by atoms with van der Waals surface area (Å²) in [5.41, 5.74) is 2.18. The van der Waals surface area contributed by atoms with Gasteiger partial charge in [-0.05, 0) is 30.5 Å². The maximum absolute atomic E-state index is 12.1. The van der Waals surface area contributed by atoms with Gasteiger partial charge in [-0.1, -0.05) is 42.2 Å². The summed E-state index contributed by atoms with van der Waals surface area (Å²) in [5.74, 6) is 0.297. The third-order valence-corrected chi connectivity index (χ3v) is 6.41. The molecule has 0 spiro atoms. The molecule has 2 amide bonds. The minimum Gasteiger partial charge on any atom is -0.378 e. The second-order valence-electron chi connectivity index (χ2n) is 6.83. The SMILES string of the molecule is CCC(=O)N(c1nnc(SCC(=O)NCc2ccc(N(C)C)cc2)s1)C1CC1. The predicted octanol–water partition coefficient (Wildman–Crippen LogP) is 2.92. The van der Waals surface area contributed by atoms with E-state index in [-0.39, 0.29) is 23.6 Å². The number of nitrogens with zero attached hydrogens (tertiary/aromatic N) is 4. The molecular weight excluding hydrogens is 394 g/mol. The molecule has 0 aliphatic heterocycles. The van der Waals surface area contributed by atoms with Crippen molar-refractivity contribution in [1.82, 2.24) is 15.5 Å². The number of benzene rings is 1. The molecule has 9 heteroatoms. The molecule has 28 heavy (non-hydrogen) atoms. The lowest BCUT2D eigenvalue weighted by atomic mass is 10.2. The lowest BCUT2D eigenvalue weighted by molar-refractivity contribution is -0.119. The van der Waals surface area contributed by atoms with Gasteiger partial charge in [0.15, 0.2) is 4.34 Å². The van der Waals surface area contributed by atoms with E-state index in [2.05, 4.69) is 15.5 Å². The molecule has 1 aliphatic carbocycles. The summed E-state index contributed by atoms with van der Waals surface area (Å²) in [4.78, 5) is 28.1.